The van der Waals surface area contributed by atoms with E-state index in [1.54, 1.807) is 0 Å². The first-order valence-corrected chi connectivity index (χ1v) is 4.45. The summed E-state index contributed by atoms with van der Waals surface area (Å²) in [6.07, 6.45) is 7.21. The van der Waals surface area contributed by atoms with Crippen molar-refractivity contribution >= 4 is 6.21 Å². The molecular weight excluding hydrogens is 138 g/mol. The van der Waals surface area contributed by atoms with Crippen molar-refractivity contribution in [3.8, 4) is 0 Å². The Kier molecular flexibility index (Phi) is 1.63. The number of hydrogen-bond acceptors (Lipinski definition) is 2. The summed E-state index contributed by atoms with van der Waals surface area (Å²) in [5, 5.41) is 3.96. The van der Waals surface area contributed by atoms with Crippen molar-refractivity contribution < 1.29 is 4.84 Å². The van der Waals surface area contributed by atoms with E-state index in [1.807, 2.05) is 6.21 Å². The standard InChI is InChI=1S/C9H15NO/c1-9(4-5-9)7-10-11-6-8-2-3-8/h7-8H,2-6H2,1H3/b10-7+. The summed E-state index contributed by atoms with van der Waals surface area (Å²) in [7, 11) is 0. The summed E-state index contributed by atoms with van der Waals surface area (Å²) in [6, 6.07) is 0. The Labute approximate surface area is 67.6 Å². The zero-order chi connectivity index (χ0) is 7.73. The van der Waals surface area contributed by atoms with E-state index < -0.39 is 0 Å². The van der Waals surface area contributed by atoms with Gasteiger partial charge in [-0.05, 0) is 31.6 Å². The number of nitrogens with zero attached hydrogens (tertiary/aromatic N) is 1. The van der Waals surface area contributed by atoms with Gasteiger partial charge in [0, 0.05) is 11.6 Å². The van der Waals surface area contributed by atoms with Gasteiger partial charge in [-0.3, -0.25) is 0 Å². The minimum Gasteiger partial charge on any atom is -0.396 e. The van der Waals surface area contributed by atoms with Crippen molar-refractivity contribution in [3.63, 3.8) is 0 Å². The van der Waals surface area contributed by atoms with Crippen LogP contribution < -0.4 is 0 Å². The van der Waals surface area contributed by atoms with Crippen LogP contribution in [0.15, 0.2) is 5.16 Å². The van der Waals surface area contributed by atoms with Crippen LogP contribution in [0.4, 0.5) is 0 Å². The molecule has 0 saturated heterocycles. The zero-order valence-corrected chi connectivity index (χ0v) is 7.05. The highest BCUT2D eigenvalue weighted by Gasteiger charge is 2.35. The summed E-state index contributed by atoms with van der Waals surface area (Å²) in [4.78, 5) is 5.14. The molecule has 2 saturated carbocycles. The van der Waals surface area contributed by atoms with Gasteiger partial charge in [-0.2, -0.15) is 0 Å². The van der Waals surface area contributed by atoms with Crippen LogP contribution in [0.5, 0.6) is 0 Å². The third-order valence-electron chi connectivity index (χ3n) is 2.48. The molecule has 2 nitrogen and oxygen atoms in total. The second kappa shape index (κ2) is 2.50. The molecule has 0 aromatic heterocycles. The van der Waals surface area contributed by atoms with E-state index in [1.165, 1.54) is 25.7 Å². The molecule has 2 heteroatoms. The number of rotatable bonds is 4. The summed E-state index contributed by atoms with van der Waals surface area (Å²) in [5.41, 5.74) is 0.392. The van der Waals surface area contributed by atoms with Crippen LogP contribution in [0.1, 0.15) is 32.6 Å². The fourth-order valence-electron chi connectivity index (χ4n) is 0.924. The zero-order valence-electron chi connectivity index (χ0n) is 7.05. The summed E-state index contributed by atoms with van der Waals surface area (Å²) >= 11 is 0. The molecule has 0 amide bonds. The molecule has 0 heterocycles. The highest BCUT2D eigenvalue weighted by Crippen LogP contribution is 2.42. The van der Waals surface area contributed by atoms with Crippen LogP contribution in [0, 0.1) is 11.3 Å². The second-order valence-electron chi connectivity index (χ2n) is 4.13. The summed E-state index contributed by atoms with van der Waals surface area (Å²) in [5.74, 6) is 0.819. The Morgan fingerprint density at radius 3 is 2.82 bits per heavy atom. The molecule has 0 aromatic carbocycles. The van der Waals surface area contributed by atoms with E-state index in [9.17, 15) is 0 Å². The maximum absolute atomic E-state index is 5.14. The van der Waals surface area contributed by atoms with Gasteiger partial charge >= 0.3 is 0 Å². The van der Waals surface area contributed by atoms with Crippen molar-refractivity contribution in [2.75, 3.05) is 6.61 Å². The molecule has 62 valence electrons. The van der Waals surface area contributed by atoms with Crippen LogP contribution in [0.2, 0.25) is 0 Å². The third kappa shape index (κ3) is 2.21. The molecular formula is C9H15NO. The molecule has 0 aliphatic heterocycles. The van der Waals surface area contributed by atoms with Crippen molar-refractivity contribution in [2.45, 2.75) is 32.6 Å². The molecule has 2 aliphatic rings. The Bertz CT molecular complexity index is 168. The Morgan fingerprint density at radius 1 is 1.55 bits per heavy atom. The van der Waals surface area contributed by atoms with Gasteiger partial charge in [0.2, 0.25) is 0 Å². The maximum Gasteiger partial charge on any atom is 0.120 e. The average molecular weight is 153 g/mol. The third-order valence-corrected chi connectivity index (χ3v) is 2.48. The van der Waals surface area contributed by atoms with Crippen LogP contribution in [-0.4, -0.2) is 12.8 Å². The molecule has 11 heavy (non-hydrogen) atoms. The van der Waals surface area contributed by atoms with Gasteiger partial charge in [0.15, 0.2) is 0 Å². The van der Waals surface area contributed by atoms with Gasteiger partial charge in [-0.15, -0.1) is 0 Å². The lowest BCUT2D eigenvalue weighted by atomic mass is 10.2. The first-order valence-electron chi connectivity index (χ1n) is 4.45. The van der Waals surface area contributed by atoms with Crippen molar-refractivity contribution in [1.82, 2.24) is 0 Å². The second-order valence-corrected chi connectivity index (χ2v) is 4.13. The first kappa shape index (κ1) is 7.14. The van der Waals surface area contributed by atoms with Crippen LogP contribution in [0.3, 0.4) is 0 Å². The van der Waals surface area contributed by atoms with E-state index in [0.29, 0.717) is 5.41 Å². The number of oxime groups is 1. The van der Waals surface area contributed by atoms with E-state index in [2.05, 4.69) is 12.1 Å². The minimum atomic E-state index is 0.392. The Hall–Kier alpha value is -0.530. The monoisotopic (exact) mass is 153 g/mol. The molecule has 0 N–H and O–H groups in total. The van der Waals surface area contributed by atoms with Gasteiger partial charge in [-0.1, -0.05) is 12.1 Å². The Balaban J connectivity index is 1.60. The molecule has 2 aliphatic carbocycles. The predicted molar refractivity (Wildman–Crippen MR) is 44.5 cm³/mol. The molecule has 0 spiro atoms. The maximum atomic E-state index is 5.14. The van der Waals surface area contributed by atoms with Crippen molar-refractivity contribution in [2.24, 2.45) is 16.5 Å². The smallest absolute Gasteiger partial charge is 0.120 e. The van der Waals surface area contributed by atoms with Gasteiger partial charge in [0.1, 0.15) is 6.61 Å². The molecule has 0 bridgehead atoms. The van der Waals surface area contributed by atoms with Gasteiger partial charge in [-0.25, -0.2) is 0 Å². The SMILES string of the molecule is CC1(/C=N/OCC2CC2)CC1. The first-order chi connectivity index (χ1) is 5.29. The number of hydrogen-bond donors (Lipinski definition) is 0. The van der Waals surface area contributed by atoms with Gasteiger partial charge in [0.05, 0.1) is 0 Å². The Morgan fingerprint density at radius 2 is 2.27 bits per heavy atom. The van der Waals surface area contributed by atoms with Gasteiger partial charge < -0.3 is 4.84 Å². The van der Waals surface area contributed by atoms with Crippen molar-refractivity contribution in [3.05, 3.63) is 0 Å². The van der Waals surface area contributed by atoms with E-state index in [-0.39, 0.29) is 0 Å². The predicted octanol–water partition coefficient (Wildman–Crippen LogP) is 2.20. The van der Waals surface area contributed by atoms with Crippen LogP contribution in [0.25, 0.3) is 0 Å². The summed E-state index contributed by atoms with van der Waals surface area (Å²) < 4.78 is 0. The molecule has 0 unspecified atom stereocenters. The highest BCUT2D eigenvalue weighted by molar-refractivity contribution is 5.67. The molecule has 0 aromatic rings. The quantitative estimate of drug-likeness (QED) is 0.448. The van der Waals surface area contributed by atoms with Crippen LogP contribution in [-0.2, 0) is 4.84 Å². The molecule has 0 radical (unpaired) electrons. The van der Waals surface area contributed by atoms with Crippen molar-refractivity contribution in [1.29, 1.82) is 0 Å². The lowest BCUT2D eigenvalue weighted by molar-refractivity contribution is 0.134. The van der Waals surface area contributed by atoms with E-state index in [4.69, 9.17) is 4.84 Å². The minimum absolute atomic E-state index is 0.392. The van der Waals surface area contributed by atoms with Gasteiger partial charge in [0.25, 0.3) is 0 Å². The lowest BCUT2D eigenvalue weighted by Crippen LogP contribution is -1.96. The molecule has 2 fully saturated rings. The molecule has 2 rings (SSSR count). The largest absolute Gasteiger partial charge is 0.396 e. The van der Waals surface area contributed by atoms with E-state index in [0.717, 1.165) is 12.5 Å². The normalized spacial score (nSPS) is 27.4. The average Bonchev–Trinajstić information content (AvgIpc) is 2.80. The lowest BCUT2D eigenvalue weighted by Gasteiger charge is -1.98. The van der Waals surface area contributed by atoms with Crippen LogP contribution >= 0.6 is 0 Å². The topological polar surface area (TPSA) is 21.6 Å². The molecule has 0 atom stereocenters. The highest BCUT2D eigenvalue weighted by atomic mass is 16.6. The van der Waals surface area contributed by atoms with E-state index >= 15 is 0 Å². The fraction of sp³-hybridized carbons (Fsp3) is 0.889. The summed E-state index contributed by atoms with van der Waals surface area (Å²) in [6.45, 7) is 3.06. The fourth-order valence-corrected chi connectivity index (χ4v) is 0.924.